The molecule has 0 fully saturated rings. The van der Waals surface area contributed by atoms with Crippen LogP contribution in [0, 0.1) is 0 Å². The molecule has 2 rings (SSSR count). The van der Waals surface area contributed by atoms with Gasteiger partial charge in [0.25, 0.3) is 11.8 Å². The SMILES string of the molecule is O=C(O)COCCOCCOCCN1C(=O)c2nc(CBr)c(CBr)nc2C1=O. The Hall–Kier alpha value is -1.47. The number of alkyl halides is 2. The highest BCUT2D eigenvalue weighted by Crippen LogP contribution is 2.23. The molecule has 154 valence electrons. The predicted molar refractivity (Wildman–Crippen MR) is 103 cm³/mol. The normalized spacial score (nSPS) is 13.3. The van der Waals surface area contributed by atoms with E-state index in [9.17, 15) is 14.4 Å². The van der Waals surface area contributed by atoms with E-state index >= 15 is 0 Å². The number of carbonyl (C=O) groups is 3. The van der Waals surface area contributed by atoms with E-state index in [1.165, 1.54) is 0 Å². The topological polar surface area (TPSA) is 128 Å². The third-order valence-corrected chi connectivity index (χ3v) is 4.69. The fraction of sp³-hybridized carbons (Fsp3) is 0.562. The lowest BCUT2D eigenvalue weighted by molar-refractivity contribution is -0.142. The molecule has 1 aromatic heterocycles. The van der Waals surface area contributed by atoms with Crippen LogP contribution < -0.4 is 0 Å². The molecule has 2 amide bonds. The van der Waals surface area contributed by atoms with Gasteiger partial charge in [0.2, 0.25) is 0 Å². The summed E-state index contributed by atoms with van der Waals surface area (Å²) in [5, 5.41) is 9.26. The fourth-order valence-corrected chi connectivity index (χ4v) is 3.22. The second-order valence-electron chi connectivity index (χ2n) is 5.51. The third-order valence-electron chi connectivity index (χ3n) is 3.63. The Morgan fingerprint density at radius 1 is 0.857 bits per heavy atom. The summed E-state index contributed by atoms with van der Waals surface area (Å²) in [5.74, 6) is -1.99. The maximum absolute atomic E-state index is 12.4. The molecule has 1 N–H and O–H groups in total. The number of rotatable bonds is 13. The van der Waals surface area contributed by atoms with Crippen LogP contribution in [-0.2, 0) is 29.7 Å². The molecule has 0 aromatic carbocycles. The van der Waals surface area contributed by atoms with Gasteiger partial charge in [-0.1, -0.05) is 31.9 Å². The van der Waals surface area contributed by atoms with Crippen molar-refractivity contribution < 1.29 is 33.7 Å². The fourth-order valence-electron chi connectivity index (χ4n) is 2.32. The minimum atomic E-state index is -1.03. The zero-order valence-corrected chi connectivity index (χ0v) is 18.0. The predicted octanol–water partition coefficient (Wildman–Crippen LogP) is 0.997. The van der Waals surface area contributed by atoms with E-state index in [0.29, 0.717) is 22.0 Å². The minimum absolute atomic E-state index is 0.0637. The van der Waals surface area contributed by atoms with Crippen molar-refractivity contribution in [2.45, 2.75) is 10.7 Å². The number of carboxylic acid groups (broad SMARTS) is 1. The van der Waals surface area contributed by atoms with Crippen LogP contribution in [0.2, 0.25) is 0 Å². The van der Waals surface area contributed by atoms with Gasteiger partial charge in [0.15, 0.2) is 11.4 Å². The molecule has 28 heavy (non-hydrogen) atoms. The van der Waals surface area contributed by atoms with Gasteiger partial charge in [-0.3, -0.25) is 14.5 Å². The summed E-state index contributed by atoms with van der Waals surface area (Å²) in [5.41, 5.74) is 1.35. The summed E-state index contributed by atoms with van der Waals surface area (Å²) in [6.45, 7) is 0.848. The first-order valence-electron chi connectivity index (χ1n) is 8.32. The molecule has 0 saturated carbocycles. The number of carboxylic acids is 1. The first kappa shape index (κ1) is 22.8. The van der Waals surface area contributed by atoms with E-state index in [2.05, 4.69) is 41.8 Å². The molecule has 10 nitrogen and oxygen atoms in total. The van der Waals surface area contributed by atoms with E-state index in [-0.39, 0.29) is 57.6 Å². The van der Waals surface area contributed by atoms with Crippen molar-refractivity contribution in [1.82, 2.24) is 14.9 Å². The molecule has 1 aromatic rings. The summed E-state index contributed by atoms with van der Waals surface area (Å²) in [4.78, 5) is 44.7. The van der Waals surface area contributed by atoms with E-state index in [4.69, 9.17) is 19.3 Å². The number of ether oxygens (including phenoxy) is 3. The number of aliphatic carboxylic acids is 1. The molecular formula is C16H19Br2N3O7. The Kier molecular flexibility index (Phi) is 9.38. The van der Waals surface area contributed by atoms with Crippen LogP contribution in [0.3, 0.4) is 0 Å². The van der Waals surface area contributed by atoms with Crippen LogP contribution in [0.1, 0.15) is 32.4 Å². The number of carbonyl (C=O) groups excluding carboxylic acids is 2. The van der Waals surface area contributed by atoms with Crippen LogP contribution in [0.4, 0.5) is 0 Å². The van der Waals surface area contributed by atoms with Gasteiger partial charge in [0, 0.05) is 10.7 Å². The maximum Gasteiger partial charge on any atom is 0.329 e. The van der Waals surface area contributed by atoms with Crippen molar-refractivity contribution in [2.24, 2.45) is 0 Å². The first-order valence-corrected chi connectivity index (χ1v) is 10.6. The highest BCUT2D eigenvalue weighted by Gasteiger charge is 2.39. The molecule has 0 bridgehead atoms. The Morgan fingerprint density at radius 3 is 1.79 bits per heavy atom. The first-order chi connectivity index (χ1) is 13.5. The Bertz CT molecular complexity index is 689. The number of aromatic nitrogens is 2. The zero-order chi connectivity index (χ0) is 20.5. The summed E-state index contributed by atoms with van der Waals surface area (Å²) in [7, 11) is 0. The molecule has 2 heterocycles. The van der Waals surface area contributed by atoms with E-state index in [1.54, 1.807) is 0 Å². The second kappa shape index (κ2) is 11.5. The molecule has 1 aliphatic heterocycles. The van der Waals surface area contributed by atoms with Crippen LogP contribution in [0.5, 0.6) is 0 Å². The number of hydrogen-bond acceptors (Lipinski definition) is 8. The molecule has 0 saturated heterocycles. The highest BCUT2D eigenvalue weighted by atomic mass is 79.9. The number of fused-ring (bicyclic) bond motifs is 1. The van der Waals surface area contributed by atoms with Crippen LogP contribution in [0.15, 0.2) is 0 Å². The van der Waals surface area contributed by atoms with E-state index in [0.717, 1.165) is 4.90 Å². The molecule has 12 heteroatoms. The summed E-state index contributed by atoms with van der Waals surface area (Å²) < 4.78 is 15.4. The maximum atomic E-state index is 12.4. The third kappa shape index (κ3) is 6.01. The van der Waals surface area contributed by atoms with Crippen molar-refractivity contribution in [1.29, 1.82) is 0 Å². The zero-order valence-electron chi connectivity index (χ0n) is 14.9. The van der Waals surface area contributed by atoms with Gasteiger partial charge < -0.3 is 19.3 Å². The average molecular weight is 525 g/mol. The lowest BCUT2D eigenvalue weighted by Gasteiger charge is -2.13. The molecular weight excluding hydrogens is 506 g/mol. The molecule has 0 aliphatic carbocycles. The quantitative estimate of drug-likeness (QED) is 0.228. The average Bonchev–Trinajstić information content (AvgIpc) is 2.91. The van der Waals surface area contributed by atoms with Crippen molar-refractivity contribution in [3.05, 3.63) is 22.8 Å². The molecule has 0 unspecified atom stereocenters. The molecule has 1 aliphatic rings. The summed E-state index contributed by atoms with van der Waals surface area (Å²) >= 11 is 6.60. The number of halogens is 2. The molecule has 0 atom stereocenters. The van der Waals surface area contributed by atoms with Gasteiger partial charge in [-0.2, -0.15) is 0 Å². The van der Waals surface area contributed by atoms with Crippen LogP contribution >= 0.6 is 31.9 Å². The lowest BCUT2D eigenvalue weighted by Crippen LogP contribution is -2.33. The Labute approximate surface area is 177 Å². The Balaban J connectivity index is 1.72. The molecule has 0 radical (unpaired) electrons. The van der Waals surface area contributed by atoms with Gasteiger partial charge in [-0.25, -0.2) is 14.8 Å². The van der Waals surface area contributed by atoms with Crippen molar-refractivity contribution in [2.75, 3.05) is 46.2 Å². The van der Waals surface area contributed by atoms with Crippen molar-refractivity contribution >= 4 is 49.6 Å². The lowest BCUT2D eigenvalue weighted by atomic mass is 10.3. The number of hydrogen-bond donors (Lipinski definition) is 1. The van der Waals surface area contributed by atoms with Gasteiger partial charge in [0.05, 0.1) is 51.0 Å². The van der Waals surface area contributed by atoms with Gasteiger partial charge in [-0.05, 0) is 0 Å². The summed E-state index contributed by atoms with van der Waals surface area (Å²) in [6, 6.07) is 0. The largest absolute Gasteiger partial charge is 0.480 e. The number of amides is 2. The molecule has 0 spiro atoms. The van der Waals surface area contributed by atoms with E-state index in [1.807, 2.05) is 0 Å². The van der Waals surface area contributed by atoms with Crippen LogP contribution in [0.25, 0.3) is 0 Å². The highest BCUT2D eigenvalue weighted by molar-refractivity contribution is 9.09. The monoisotopic (exact) mass is 523 g/mol. The Morgan fingerprint density at radius 2 is 1.32 bits per heavy atom. The minimum Gasteiger partial charge on any atom is -0.480 e. The number of imide groups is 1. The van der Waals surface area contributed by atoms with Gasteiger partial charge in [-0.15, -0.1) is 0 Å². The van der Waals surface area contributed by atoms with Crippen LogP contribution in [-0.4, -0.2) is 83.9 Å². The smallest absolute Gasteiger partial charge is 0.329 e. The van der Waals surface area contributed by atoms with Crippen molar-refractivity contribution in [3.63, 3.8) is 0 Å². The van der Waals surface area contributed by atoms with Gasteiger partial charge in [0.1, 0.15) is 6.61 Å². The van der Waals surface area contributed by atoms with Crippen molar-refractivity contribution in [3.8, 4) is 0 Å². The second-order valence-corrected chi connectivity index (χ2v) is 6.64. The number of nitrogens with zero attached hydrogens (tertiary/aromatic N) is 3. The standard InChI is InChI=1S/C16H19Br2N3O7/c17-7-10-11(8-18)20-14-13(19-10)15(24)21(16(14)25)1-2-26-3-4-27-5-6-28-9-12(22)23/h1-9H2,(H,22,23). The summed E-state index contributed by atoms with van der Waals surface area (Å²) in [6.07, 6.45) is 0. The van der Waals surface area contributed by atoms with Gasteiger partial charge >= 0.3 is 5.97 Å². The van der Waals surface area contributed by atoms with E-state index < -0.39 is 17.8 Å².